The Balaban J connectivity index is 0.00000338. The fourth-order valence-electron chi connectivity index (χ4n) is 2.96. The predicted molar refractivity (Wildman–Crippen MR) is 116 cm³/mol. The van der Waals surface area contributed by atoms with E-state index < -0.39 is 0 Å². The monoisotopic (exact) mass is 474 g/mol. The number of nitrogens with zero attached hydrogens (tertiary/aromatic N) is 1. The number of aryl methyl sites for hydroxylation is 1. The van der Waals surface area contributed by atoms with Gasteiger partial charge in [0.1, 0.15) is 0 Å². The van der Waals surface area contributed by atoms with Crippen molar-refractivity contribution >= 4 is 35.8 Å². The van der Waals surface area contributed by atoms with Crippen LogP contribution in [0.4, 0.5) is 0 Å². The minimum Gasteiger partial charge on any atom is -0.393 e. The van der Waals surface area contributed by atoms with Gasteiger partial charge < -0.3 is 21.1 Å². The summed E-state index contributed by atoms with van der Waals surface area (Å²) >= 11 is 0. The number of aliphatic imine (C=N–C) groups is 1. The first kappa shape index (κ1) is 22.7. The Kier molecular flexibility index (Phi) is 10.6. The molecule has 0 saturated heterocycles. The highest BCUT2D eigenvalue weighted by atomic mass is 127. The van der Waals surface area contributed by atoms with Gasteiger partial charge in [-0.25, -0.2) is 0 Å². The van der Waals surface area contributed by atoms with Crippen molar-refractivity contribution in [3.8, 4) is 0 Å². The molecule has 6 nitrogen and oxygen atoms in total. The minimum absolute atomic E-state index is 0. The molecular formula is C19H31IN4O2. The number of carbonyl (C=O) groups is 1. The van der Waals surface area contributed by atoms with Crippen LogP contribution in [0, 0.1) is 6.92 Å². The highest BCUT2D eigenvalue weighted by Gasteiger charge is 2.19. The lowest BCUT2D eigenvalue weighted by Crippen LogP contribution is -2.45. The van der Waals surface area contributed by atoms with Crippen LogP contribution in [-0.2, 0) is 0 Å². The average molecular weight is 474 g/mol. The zero-order valence-electron chi connectivity index (χ0n) is 15.6. The summed E-state index contributed by atoms with van der Waals surface area (Å²) in [6.07, 6.45) is 3.42. The van der Waals surface area contributed by atoms with Gasteiger partial charge in [-0.1, -0.05) is 17.7 Å². The standard InChI is InChI=1S/C19H30N4O2.HI/c1-3-20-19(23-16-7-9-17(24)10-8-16)22-12-11-21-18(25)15-6-4-5-14(2)13-15;/h4-6,13,16-17,24H,3,7-12H2,1-2H3,(H,21,25)(H2,20,22,23);1H. The summed E-state index contributed by atoms with van der Waals surface area (Å²) < 4.78 is 0. The number of guanidine groups is 1. The maximum atomic E-state index is 12.1. The van der Waals surface area contributed by atoms with E-state index in [-0.39, 0.29) is 36.0 Å². The van der Waals surface area contributed by atoms with Crippen molar-refractivity contribution in [2.45, 2.75) is 51.7 Å². The van der Waals surface area contributed by atoms with Crippen molar-refractivity contribution in [2.75, 3.05) is 19.6 Å². The largest absolute Gasteiger partial charge is 0.393 e. The van der Waals surface area contributed by atoms with Crippen LogP contribution >= 0.6 is 24.0 Å². The normalized spacial score (nSPS) is 20.0. The lowest BCUT2D eigenvalue weighted by Gasteiger charge is -2.27. The van der Waals surface area contributed by atoms with E-state index in [0.717, 1.165) is 43.8 Å². The third kappa shape index (κ3) is 7.90. The molecule has 2 rings (SSSR count). The van der Waals surface area contributed by atoms with Crippen LogP contribution in [0.2, 0.25) is 0 Å². The summed E-state index contributed by atoms with van der Waals surface area (Å²) in [5.41, 5.74) is 1.75. The summed E-state index contributed by atoms with van der Waals surface area (Å²) in [4.78, 5) is 16.6. The van der Waals surface area contributed by atoms with Crippen LogP contribution in [0.25, 0.3) is 0 Å². The molecule has 1 amide bonds. The molecule has 0 unspecified atom stereocenters. The van der Waals surface area contributed by atoms with Crippen molar-refractivity contribution < 1.29 is 9.90 Å². The van der Waals surface area contributed by atoms with Gasteiger partial charge in [0, 0.05) is 24.7 Å². The van der Waals surface area contributed by atoms with Crippen molar-refractivity contribution in [1.29, 1.82) is 0 Å². The second-order valence-corrected chi connectivity index (χ2v) is 6.54. The maximum Gasteiger partial charge on any atom is 0.251 e. The molecule has 1 aromatic rings. The first-order chi connectivity index (χ1) is 12.1. The fraction of sp³-hybridized carbons (Fsp3) is 0.579. The smallest absolute Gasteiger partial charge is 0.251 e. The first-order valence-electron chi connectivity index (χ1n) is 9.16. The molecule has 1 saturated carbocycles. The van der Waals surface area contributed by atoms with Gasteiger partial charge in [-0.2, -0.15) is 0 Å². The number of hydrogen-bond acceptors (Lipinski definition) is 3. The van der Waals surface area contributed by atoms with Crippen LogP contribution in [0.3, 0.4) is 0 Å². The van der Waals surface area contributed by atoms with Crippen LogP contribution in [0.1, 0.15) is 48.5 Å². The van der Waals surface area contributed by atoms with Gasteiger partial charge in [0.2, 0.25) is 0 Å². The number of aliphatic hydroxyl groups excluding tert-OH is 1. The number of halogens is 1. The molecule has 0 aromatic heterocycles. The molecule has 0 heterocycles. The maximum absolute atomic E-state index is 12.1. The van der Waals surface area contributed by atoms with E-state index >= 15 is 0 Å². The number of hydrogen-bond donors (Lipinski definition) is 4. The SMILES string of the molecule is CCNC(=NCCNC(=O)c1cccc(C)c1)NC1CCC(O)CC1.I. The van der Waals surface area contributed by atoms with Crippen LogP contribution in [0.5, 0.6) is 0 Å². The highest BCUT2D eigenvalue weighted by molar-refractivity contribution is 14.0. The second kappa shape index (κ2) is 12.1. The zero-order chi connectivity index (χ0) is 18.1. The third-order valence-corrected chi connectivity index (χ3v) is 4.33. The molecule has 146 valence electrons. The summed E-state index contributed by atoms with van der Waals surface area (Å²) in [6, 6.07) is 7.90. The molecule has 1 aliphatic carbocycles. The average Bonchev–Trinajstić information content (AvgIpc) is 2.60. The molecule has 0 radical (unpaired) electrons. The molecule has 1 aliphatic rings. The van der Waals surface area contributed by atoms with Gasteiger partial charge in [-0.05, 0) is 51.7 Å². The van der Waals surface area contributed by atoms with E-state index in [1.54, 1.807) is 0 Å². The predicted octanol–water partition coefficient (Wildman–Crippen LogP) is 2.20. The molecule has 0 spiro atoms. The van der Waals surface area contributed by atoms with Gasteiger partial charge in [-0.3, -0.25) is 9.79 Å². The topological polar surface area (TPSA) is 85.8 Å². The third-order valence-electron chi connectivity index (χ3n) is 4.33. The number of carbonyl (C=O) groups excluding carboxylic acids is 1. The second-order valence-electron chi connectivity index (χ2n) is 6.54. The molecule has 1 aromatic carbocycles. The number of rotatable bonds is 6. The number of nitrogens with one attached hydrogen (secondary N) is 3. The van der Waals surface area contributed by atoms with Gasteiger partial charge in [0.05, 0.1) is 12.6 Å². The number of benzene rings is 1. The van der Waals surface area contributed by atoms with Crippen LogP contribution in [-0.4, -0.2) is 48.8 Å². The lowest BCUT2D eigenvalue weighted by molar-refractivity contribution is 0.0954. The van der Waals surface area contributed by atoms with Crippen LogP contribution in [0.15, 0.2) is 29.3 Å². The fourth-order valence-corrected chi connectivity index (χ4v) is 2.96. The molecule has 0 atom stereocenters. The Bertz CT molecular complexity index is 587. The Morgan fingerprint density at radius 1 is 1.23 bits per heavy atom. The summed E-state index contributed by atoms with van der Waals surface area (Å²) in [7, 11) is 0. The Hall–Kier alpha value is -1.35. The van der Waals surface area contributed by atoms with E-state index in [2.05, 4.69) is 20.9 Å². The van der Waals surface area contributed by atoms with E-state index in [1.807, 2.05) is 38.1 Å². The number of amides is 1. The van der Waals surface area contributed by atoms with Crippen molar-refractivity contribution in [2.24, 2.45) is 4.99 Å². The Morgan fingerprint density at radius 3 is 2.62 bits per heavy atom. The molecule has 26 heavy (non-hydrogen) atoms. The van der Waals surface area contributed by atoms with Crippen LogP contribution < -0.4 is 16.0 Å². The van der Waals surface area contributed by atoms with E-state index in [0.29, 0.717) is 24.7 Å². The quantitative estimate of drug-likeness (QED) is 0.221. The zero-order valence-corrected chi connectivity index (χ0v) is 18.0. The summed E-state index contributed by atoms with van der Waals surface area (Å²) in [5.74, 6) is 0.701. The minimum atomic E-state index is -0.158. The summed E-state index contributed by atoms with van der Waals surface area (Å²) in [5, 5.41) is 19.1. The highest BCUT2D eigenvalue weighted by Crippen LogP contribution is 2.18. The van der Waals surface area contributed by atoms with Gasteiger partial charge in [0.25, 0.3) is 5.91 Å². The Morgan fingerprint density at radius 2 is 1.96 bits per heavy atom. The summed E-state index contributed by atoms with van der Waals surface area (Å²) in [6.45, 7) is 5.80. The van der Waals surface area contributed by atoms with Crippen molar-refractivity contribution in [1.82, 2.24) is 16.0 Å². The van der Waals surface area contributed by atoms with Crippen molar-refractivity contribution in [3.63, 3.8) is 0 Å². The molecule has 4 N–H and O–H groups in total. The van der Waals surface area contributed by atoms with E-state index in [1.165, 1.54) is 0 Å². The molecule has 0 aliphatic heterocycles. The van der Waals surface area contributed by atoms with Crippen molar-refractivity contribution in [3.05, 3.63) is 35.4 Å². The van der Waals surface area contributed by atoms with E-state index in [9.17, 15) is 9.90 Å². The molecule has 0 bridgehead atoms. The van der Waals surface area contributed by atoms with E-state index in [4.69, 9.17) is 0 Å². The van der Waals surface area contributed by atoms with Gasteiger partial charge in [0.15, 0.2) is 5.96 Å². The van der Waals surface area contributed by atoms with Gasteiger partial charge >= 0.3 is 0 Å². The first-order valence-corrected chi connectivity index (χ1v) is 9.16. The Labute approximate surface area is 173 Å². The molecule has 1 fully saturated rings. The molecular weight excluding hydrogens is 443 g/mol. The molecule has 7 heteroatoms. The van der Waals surface area contributed by atoms with Gasteiger partial charge in [-0.15, -0.1) is 24.0 Å². The number of aliphatic hydroxyl groups is 1. The lowest BCUT2D eigenvalue weighted by atomic mass is 9.93.